The zero-order valence-electron chi connectivity index (χ0n) is 8.14. The van der Waals surface area contributed by atoms with Crippen LogP contribution in [0.2, 0.25) is 0 Å². The lowest BCUT2D eigenvalue weighted by Gasteiger charge is -2.17. The van der Waals surface area contributed by atoms with Crippen molar-refractivity contribution in [2.45, 2.75) is 39.0 Å². The minimum absolute atomic E-state index is 0.429. The smallest absolute Gasteiger partial charge is 0.169 e. The maximum Gasteiger partial charge on any atom is 0.169 e. The number of hydrogen-bond donors (Lipinski definition) is 0. The molecule has 13 heavy (non-hydrogen) atoms. The maximum absolute atomic E-state index is 11.6. The summed E-state index contributed by atoms with van der Waals surface area (Å²) in [6.07, 6.45) is 5.70. The van der Waals surface area contributed by atoms with Gasteiger partial charge in [0.25, 0.3) is 0 Å². The summed E-state index contributed by atoms with van der Waals surface area (Å²) in [5, 5.41) is 0. The highest BCUT2D eigenvalue weighted by Crippen LogP contribution is 2.43. The molecule has 0 aromatic heterocycles. The molecular formula is C11H16OS. The Balaban J connectivity index is 2.18. The zero-order chi connectivity index (χ0) is 9.26. The predicted octanol–water partition coefficient (Wildman–Crippen LogP) is 3.16. The van der Waals surface area contributed by atoms with Crippen molar-refractivity contribution in [1.29, 1.82) is 0 Å². The van der Waals surface area contributed by atoms with Gasteiger partial charge in [-0.25, -0.2) is 0 Å². The molecule has 2 aliphatic rings. The Morgan fingerprint density at radius 3 is 3.15 bits per heavy atom. The molecule has 1 aliphatic carbocycles. The van der Waals surface area contributed by atoms with Gasteiger partial charge in [0.05, 0.1) is 0 Å². The molecule has 0 saturated heterocycles. The lowest BCUT2D eigenvalue weighted by Crippen LogP contribution is -2.02. The van der Waals surface area contributed by atoms with E-state index in [-0.39, 0.29) is 0 Å². The normalized spacial score (nSPS) is 28.1. The van der Waals surface area contributed by atoms with Crippen molar-refractivity contribution in [3.05, 3.63) is 10.5 Å². The van der Waals surface area contributed by atoms with E-state index in [0.29, 0.717) is 11.7 Å². The highest BCUT2D eigenvalue weighted by atomic mass is 32.2. The third-order valence-electron chi connectivity index (χ3n) is 2.94. The first kappa shape index (κ1) is 9.32. The van der Waals surface area contributed by atoms with Gasteiger partial charge in [0, 0.05) is 11.3 Å². The SMILES string of the molecule is CCCC1CC(=O)C2=C1CCCS2. The van der Waals surface area contributed by atoms with Crippen molar-refractivity contribution < 1.29 is 4.79 Å². The highest BCUT2D eigenvalue weighted by molar-refractivity contribution is 8.04. The molecule has 0 fully saturated rings. The number of thioether (sulfide) groups is 1. The van der Waals surface area contributed by atoms with Crippen LogP contribution in [0.4, 0.5) is 0 Å². The van der Waals surface area contributed by atoms with E-state index in [9.17, 15) is 4.79 Å². The highest BCUT2D eigenvalue weighted by Gasteiger charge is 2.32. The Labute approximate surface area is 84.0 Å². The lowest BCUT2D eigenvalue weighted by atomic mass is 9.93. The number of Topliss-reactive ketones (excluding diaryl/α,β-unsaturated/α-hetero) is 1. The second kappa shape index (κ2) is 3.87. The fourth-order valence-electron chi connectivity index (χ4n) is 2.36. The second-order valence-electron chi connectivity index (χ2n) is 3.92. The summed E-state index contributed by atoms with van der Waals surface area (Å²) in [5.74, 6) is 2.20. The van der Waals surface area contributed by atoms with Crippen molar-refractivity contribution in [2.24, 2.45) is 5.92 Å². The van der Waals surface area contributed by atoms with Crippen molar-refractivity contribution in [3.63, 3.8) is 0 Å². The molecule has 0 aromatic rings. The Morgan fingerprint density at radius 1 is 1.54 bits per heavy atom. The number of rotatable bonds is 2. The van der Waals surface area contributed by atoms with Crippen LogP contribution in [0.3, 0.4) is 0 Å². The van der Waals surface area contributed by atoms with Crippen LogP contribution in [0.25, 0.3) is 0 Å². The minimum atomic E-state index is 0.429. The first-order valence-electron chi connectivity index (χ1n) is 5.22. The van der Waals surface area contributed by atoms with Crippen LogP contribution >= 0.6 is 11.8 Å². The first-order chi connectivity index (χ1) is 6.33. The van der Waals surface area contributed by atoms with Crippen LogP contribution in [0.15, 0.2) is 10.5 Å². The van der Waals surface area contributed by atoms with Crippen LogP contribution < -0.4 is 0 Å². The monoisotopic (exact) mass is 196 g/mol. The fourth-order valence-corrected chi connectivity index (χ4v) is 3.55. The fraction of sp³-hybridized carbons (Fsp3) is 0.727. The number of carbonyl (C=O) groups is 1. The average Bonchev–Trinajstić information content (AvgIpc) is 2.46. The van der Waals surface area contributed by atoms with Gasteiger partial charge in [-0.1, -0.05) is 13.3 Å². The molecule has 2 heteroatoms. The van der Waals surface area contributed by atoms with Crippen LogP contribution in [0.5, 0.6) is 0 Å². The average molecular weight is 196 g/mol. The second-order valence-corrected chi connectivity index (χ2v) is 5.02. The number of hydrogen-bond acceptors (Lipinski definition) is 2. The maximum atomic E-state index is 11.6. The molecule has 0 aromatic carbocycles. The van der Waals surface area contributed by atoms with E-state index in [1.54, 1.807) is 11.8 Å². The molecule has 0 spiro atoms. The van der Waals surface area contributed by atoms with Crippen molar-refractivity contribution in [3.8, 4) is 0 Å². The molecular weight excluding hydrogens is 180 g/mol. The van der Waals surface area contributed by atoms with E-state index in [1.807, 2.05) is 0 Å². The standard InChI is InChI=1S/C11H16OS/c1-2-4-8-7-10(12)11-9(8)5-3-6-13-11/h8H,2-7H2,1H3. The van der Waals surface area contributed by atoms with Gasteiger partial charge in [-0.2, -0.15) is 0 Å². The van der Waals surface area contributed by atoms with Crippen molar-refractivity contribution in [2.75, 3.05) is 5.75 Å². The van der Waals surface area contributed by atoms with E-state index in [4.69, 9.17) is 0 Å². The molecule has 1 atom stereocenters. The molecule has 72 valence electrons. The molecule has 0 N–H and O–H groups in total. The Hall–Kier alpha value is -0.240. The molecule has 1 unspecified atom stereocenters. The molecule has 2 rings (SSSR count). The quantitative estimate of drug-likeness (QED) is 0.675. The predicted molar refractivity (Wildman–Crippen MR) is 56.7 cm³/mol. The number of carbonyl (C=O) groups excluding carboxylic acids is 1. The van der Waals surface area contributed by atoms with Gasteiger partial charge < -0.3 is 0 Å². The van der Waals surface area contributed by atoms with Gasteiger partial charge >= 0.3 is 0 Å². The van der Waals surface area contributed by atoms with Crippen molar-refractivity contribution in [1.82, 2.24) is 0 Å². The van der Waals surface area contributed by atoms with E-state index in [2.05, 4.69) is 6.92 Å². The minimum Gasteiger partial charge on any atom is -0.294 e. The Bertz CT molecular complexity index is 255. The van der Waals surface area contributed by atoms with Gasteiger partial charge in [0.2, 0.25) is 0 Å². The van der Waals surface area contributed by atoms with Gasteiger partial charge in [0.15, 0.2) is 5.78 Å². The Morgan fingerprint density at radius 2 is 2.38 bits per heavy atom. The molecule has 1 aliphatic heterocycles. The number of allylic oxidation sites excluding steroid dienone is 2. The van der Waals surface area contributed by atoms with Gasteiger partial charge in [-0.3, -0.25) is 4.79 Å². The number of ketones is 1. The largest absolute Gasteiger partial charge is 0.294 e. The van der Waals surface area contributed by atoms with Crippen LogP contribution in [-0.4, -0.2) is 11.5 Å². The van der Waals surface area contributed by atoms with Gasteiger partial charge in [-0.15, -0.1) is 11.8 Å². The van der Waals surface area contributed by atoms with E-state index in [1.165, 1.54) is 31.3 Å². The van der Waals surface area contributed by atoms with E-state index >= 15 is 0 Å². The summed E-state index contributed by atoms with van der Waals surface area (Å²) < 4.78 is 0. The van der Waals surface area contributed by atoms with E-state index < -0.39 is 0 Å². The first-order valence-corrected chi connectivity index (χ1v) is 6.20. The zero-order valence-corrected chi connectivity index (χ0v) is 8.95. The summed E-state index contributed by atoms with van der Waals surface area (Å²) in [6.45, 7) is 2.21. The molecule has 1 nitrogen and oxygen atoms in total. The molecule has 0 radical (unpaired) electrons. The summed E-state index contributed by atoms with van der Waals surface area (Å²) in [6, 6.07) is 0. The van der Waals surface area contributed by atoms with Crippen molar-refractivity contribution >= 4 is 17.5 Å². The molecule has 0 bridgehead atoms. The summed E-state index contributed by atoms with van der Waals surface area (Å²) >= 11 is 1.80. The van der Waals surface area contributed by atoms with Gasteiger partial charge in [0.1, 0.15) is 0 Å². The van der Waals surface area contributed by atoms with E-state index in [0.717, 1.165) is 17.1 Å². The molecule has 1 heterocycles. The summed E-state index contributed by atoms with van der Waals surface area (Å²) in [7, 11) is 0. The van der Waals surface area contributed by atoms with Crippen LogP contribution in [0, 0.1) is 5.92 Å². The third kappa shape index (κ3) is 1.69. The third-order valence-corrected chi connectivity index (χ3v) is 4.21. The lowest BCUT2D eigenvalue weighted by molar-refractivity contribution is -0.114. The van der Waals surface area contributed by atoms with Crippen LogP contribution in [0.1, 0.15) is 39.0 Å². The summed E-state index contributed by atoms with van der Waals surface area (Å²) in [4.78, 5) is 12.8. The van der Waals surface area contributed by atoms with Crippen LogP contribution in [-0.2, 0) is 4.79 Å². The molecule has 0 amide bonds. The summed E-state index contributed by atoms with van der Waals surface area (Å²) in [5.41, 5.74) is 1.50. The van der Waals surface area contributed by atoms with Gasteiger partial charge in [-0.05, 0) is 36.5 Å². The Kier molecular flexibility index (Phi) is 2.77. The molecule has 0 saturated carbocycles. The topological polar surface area (TPSA) is 17.1 Å².